The molecule has 9 heteroatoms. The summed E-state index contributed by atoms with van der Waals surface area (Å²) < 4.78 is 13.5. The third-order valence-electron chi connectivity index (χ3n) is 6.18. The molecule has 5 aromatic heterocycles. The van der Waals surface area contributed by atoms with Crippen molar-refractivity contribution in [2.75, 3.05) is 5.32 Å². The highest BCUT2D eigenvalue weighted by molar-refractivity contribution is 6.00. The van der Waals surface area contributed by atoms with E-state index in [9.17, 15) is 9.18 Å². The minimum absolute atomic E-state index is 0.0468. The summed E-state index contributed by atoms with van der Waals surface area (Å²) in [6, 6.07) is 14.1. The van der Waals surface area contributed by atoms with Crippen LogP contribution in [0.25, 0.3) is 55.7 Å². The van der Waals surface area contributed by atoms with Gasteiger partial charge in [-0.25, -0.2) is 9.37 Å². The molecule has 0 aliphatic rings. The number of H-pyrrole nitrogens is 2. The van der Waals surface area contributed by atoms with Crippen LogP contribution in [0.2, 0.25) is 0 Å². The highest BCUT2D eigenvalue weighted by Gasteiger charge is 2.16. The predicted molar refractivity (Wildman–Crippen MR) is 141 cm³/mol. The van der Waals surface area contributed by atoms with Crippen LogP contribution in [0.4, 0.5) is 10.1 Å². The average Bonchev–Trinajstić information content (AvgIpc) is 3.53. The van der Waals surface area contributed by atoms with E-state index in [1.54, 1.807) is 36.9 Å². The summed E-state index contributed by atoms with van der Waals surface area (Å²) >= 11 is 0. The number of nitrogens with one attached hydrogen (secondary N) is 3. The smallest absolute Gasteiger partial charge is 0.224 e. The second kappa shape index (κ2) is 9.27. The van der Waals surface area contributed by atoms with E-state index in [2.05, 4.69) is 35.5 Å². The minimum Gasteiger partial charge on any atom is -0.338 e. The van der Waals surface area contributed by atoms with Crippen molar-refractivity contribution in [2.45, 2.75) is 19.8 Å². The summed E-state index contributed by atoms with van der Waals surface area (Å²) in [6.07, 6.45) is 8.02. The Balaban J connectivity index is 1.40. The molecule has 0 saturated heterocycles. The lowest BCUT2D eigenvalue weighted by Gasteiger charge is -2.06. The van der Waals surface area contributed by atoms with Crippen molar-refractivity contribution in [1.82, 2.24) is 30.1 Å². The van der Waals surface area contributed by atoms with Gasteiger partial charge in [-0.3, -0.25) is 19.9 Å². The Labute approximate surface area is 211 Å². The monoisotopic (exact) mass is 491 g/mol. The first-order valence-electron chi connectivity index (χ1n) is 11.9. The number of benzene rings is 1. The topological polar surface area (TPSA) is 112 Å². The van der Waals surface area contributed by atoms with Gasteiger partial charge in [0, 0.05) is 35.2 Å². The number of carbonyl (C=O) groups is 1. The Kier molecular flexibility index (Phi) is 5.65. The predicted octanol–water partition coefficient (Wildman–Crippen LogP) is 6.11. The molecule has 0 bridgehead atoms. The zero-order chi connectivity index (χ0) is 25.4. The fourth-order valence-electron chi connectivity index (χ4n) is 4.41. The number of hydrogen-bond acceptors (Lipinski definition) is 5. The first-order chi connectivity index (χ1) is 18.1. The largest absolute Gasteiger partial charge is 0.338 e. The van der Waals surface area contributed by atoms with Gasteiger partial charge < -0.3 is 10.3 Å². The van der Waals surface area contributed by atoms with Crippen LogP contribution in [-0.4, -0.2) is 36.0 Å². The molecule has 0 aliphatic carbocycles. The van der Waals surface area contributed by atoms with Crippen molar-refractivity contribution in [1.29, 1.82) is 0 Å². The second-order valence-corrected chi connectivity index (χ2v) is 8.76. The third-order valence-corrected chi connectivity index (χ3v) is 6.18. The van der Waals surface area contributed by atoms with Gasteiger partial charge in [0.15, 0.2) is 0 Å². The number of nitrogens with zero attached hydrogens (tertiary/aromatic N) is 4. The van der Waals surface area contributed by atoms with E-state index in [0.29, 0.717) is 23.4 Å². The van der Waals surface area contributed by atoms with Crippen molar-refractivity contribution in [3.05, 3.63) is 79.1 Å². The Bertz CT molecular complexity index is 1750. The molecule has 182 valence electrons. The summed E-state index contributed by atoms with van der Waals surface area (Å²) in [6.45, 7) is 1.96. The highest BCUT2D eigenvalue weighted by atomic mass is 19.1. The van der Waals surface area contributed by atoms with Gasteiger partial charge in [-0.2, -0.15) is 5.10 Å². The summed E-state index contributed by atoms with van der Waals surface area (Å²) in [5.41, 5.74) is 6.96. The lowest BCUT2D eigenvalue weighted by atomic mass is 10.0. The van der Waals surface area contributed by atoms with E-state index in [-0.39, 0.29) is 11.7 Å². The Hall–Kier alpha value is -4.92. The van der Waals surface area contributed by atoms with Crippen LogP contribution in [-0.2, 0) is 4.79 Å². The molecule has 0 fully saturated rings. The first-order valence-corrected chi connectivity index (χ1v) is 11.9. The molecule has 0 aliphatic heterocycles. The van der Waals surface area contributed by atoms with Crippen molar-refractivity contribution in [3.63, 3.8) is 0 Å². The third kappa shape index (κ3) is 4.31. The number of carbonyl (C=O) groups excluding carboxylic acids is 1. The lowest BCUT2D eigenvalue weighted by Crippen LogP contribution is -2.10. The molecule has 0 radical (unpaired) electrons. The standard InChI is InChI=1S/C28H22FN7O/c1-2-3-26(37)33-19-10-17(13-30-14-19)23-12-22-25(15-32-23)35-36-27(22)24-11-21-20(8-9-31-28(21)34-24)16-4-6-18(29)7-5-16/h4-15H,2-3H2,1H3,(H,31,34)(H,33,37)(H,35,36). The van der Waals surface area contributed by atoms with Gasteiger partial charge in [-0.15, -0.1) is 0 Å². The Morgan fingerprint density at radius 3 is 2.68 bits per heavy atom. The highest BCUT2D eigenvalue weighted by Crippen LogP contribution is 2.34. The molecule has 0 spiro atoms. The number of aromatic nitrogens is 6. The SMILES string of the molecule is CCCC(=O)Nc1cncc(-c2cc3c(-c4cc5c(-c6ccc(F)cc6)ccnc5[nH]4)n[nH]c3cn2)c1. The molecular formula is C28H22FN7O. The molecule has 6 aromatic rings. The van der Waals surface area contributed by atoms with Crippen LogP contribution in [0.3, 0.4) is 0 Å². The maximum atomic E-state index is 13.5. The molecule has 0 unspecified atom stereocenters. The summed E-state index contributed by atoms with van der Waals surface area (Å²) in [4.78, 5) is 28.7. The van der Waals surface area contributed by atoms with Gasteiger partial charge in [-0.05, 0) is 53.9 Å². The van der Waals surface area contributed by atoms with E-state index in [1.807, 2.05) is 31.2 Å². The molecule has 37 heavy (non-hydrogen) atoms. The normalized spacial score (nSPS) is 11.3. The number of hydrogen-bond donors (Lipinski definition) is 3. The number of fused-ring (bicyclic) bond motifs is 2. The molecule has 6 rings (SSSR count). The molecule has 5 heterocycles. The van der Waals surface area contributed by atoms with E-state index < -0.39 is 0 Å². The van der Waals surface area contributed by atoms with Gasteiger partial charge in [0.25, 0.3) is 0 Å². The van der Waals surface area contributed by atoms with Crippen LogP contribution in [0.5, 0.6) is 0 Å². The molecule has 1 aromatic carbocycles. The van der Waals surface area contributed by atoms with Gasteiger partial charge in [0.05, 0.1) is 35.0 Å². The van der Waals surface area contributed by atoms with Crippen molar-refractivity contribution >= 4 is 33.5 Å². The summed E-state index contributed by atoms with van der Waals surface area (Å²) in [7, 11) is 0. The van der Waals surface area contributed by atoms with E-state index in [4.69, 9.17) is 0 Å². The van der Waals surface area contributed by atoms with E-state index in [0.717, 1.165) is 50.8 Å². The van der Waals surface area contributed by atoms with Crippen LogP contribution in [0.1, 0.15) is 19.8 Å². The average molecular weight is 492 g/mol. The molecule has 8 nitrogen and oxygen atoms in total. The minimum atomic E-state index is -0.278. The molecule has 0 atom stereocenters. The van der Waals surface area contributed by atoms with Crippen molar-refractivity contribution < 1.29 is 9.18 Å². The van der Waals surface area contributed by atoms with Gasteiger partial charge in [0.2, 0.25) is 5.91 Å². The maximum Gasteiger partial charge on any atom is 0.224 e. The van der Waals surface area contributed by atoms with Crippen LogP contribution in [0, 0.1) is 5.82 Å². The fourth-order valence-corrected chi connectivity index (χ4v) is 4.41. The quantitative estimate of drug-likeness (QED) is 0.260. The summed E-state index contributed by atoms with van der Waals surface area (Å²) in [5, 5.41) is 12.3. The first kappa shape index (κ1) is 22.5. The Morgan fingerprint density at radius 1 is 0.973 bits per heavy atom. The zero-order valence-corrected chi connectivity index (χ0v) is 19.9. The van der Waals surface area contributed by atoms with Crippen molar-refractivity contribution in [3.8, 4) is 33.8 Å². The van der Waals surface area contributed by atoms with Crippen LogP contribution < -0.4 is 5.32 Å². The van der Waals surface area contributed by atoms with E-state index >= 15 is 0 Å². The maximum absolute atomic E-state index is 13.5. The van der Waals surface area contributed by atoms with Gasteiger partial charge in [0.1, 0.15) is 17.2 Å². The van der Waals surface area contributed by atoms with Gasteiger partial charge in [-0.1, -0.05) is 19.1 Å². The van der Waals surface area contributed by atoms with Crippen LogP contribution in [0.15, 0.2) is 73.3 Å². The molecular weight excluding hydrogens is 469 g/mol. The number of halogens is 1. The number of rotatable bonds is 6. The zero-order valence-electron chi connectivity index (χ0n) is 19.9. The Morgan fingerprint density at radius 2 is 1.84 bits per heavy atom. The number of anilines is 1. The fraction of sp³-hybridized carbons (Fsp3) is 0.107. The van der Waals surface area contributed by atoms with Crippen molar-refractivity contribution in [2.24, 2.45) is 0 Å². The molecule has 1 amide bonds. The number of amides is 1. The van der Waals surface area contributed by atoms with E-state index in [1.165, 1.54) is 12.1 Å². The lowest BCUT2D eigenvalue weighted by molar-refractivity contribution is -0.116. The number of aromatic amines is 2. The van der Waals surface area contributed by atoms with Crippen LogP contribution >= 0.6 is 0 Å². The molecule has 3 N–H and O–H groups in total. The molecule has 0 saturated carbocycles. The number of pyridine rings is 3. The van der Waals surface area contributed by atoms with Gasteiger partial charge >= 0.3 is 0 Å². The second-order valence-electron chi connectivity index (χ2n) is 8.76. The summed E-state index contributed by atoms with van der Waals surface area (Å²) in [5.74, 6) is -0.324.